The first-order valence-corrected chi connectivity index (χ1v) is 8.84. The van der Waals surface area contributed by atoms with Crippen molar-refractivity contribution in [3.63, 3.8) is 0 Å². The maximum Gasteiger partial charge on any atom is 0.331 e. The molecule has 0 aromatic heterocycles. The number of hydrogen-bond donors (Lipinski definition) is 1. The Kier molecular flexibility index (Phi) is 11.7. The van der Waals surface area contributed by atoms with Gasteiger partial charge in [0.1, 0.15) is 12.4 Å². The molecule has 0 saturated carbocycles. The molecule has 1 unspecified atom stereocenters. The van der Waals surface area contributed by atoms with Crippen LogP contribution in [-0.4, -0.2) is 46.1 Å². The van der Waals surface area contributed by atoms with E-state index in [9.17, 15) is 4.79 Å². The average Bonchev–Trinajstić information content (AvgIpc) is 2.62. The van der Waals surface area contributed by atoms with Crippen LogP contribution in [0.5, 0.6) is 5.75 Å². The third-order valence-corrected chi connectivity index (χ3v) is 3.63. The number of carbonyl (C=O) groups excluding carboxylic acids is 1. The predicted molar refractivity (Wildman–Crippen MR) is 96.7 cm³/mol. The van der Waals surface area contributed by atoms with E-state index in [1.165, 1.54) is 7.11 Å². The van der Waals surface area contributed by atoms with Gasteiger partial charge in [-0.05, 0) is 50.3 Å². The molecule has 0 radical (unpaired) electrons. The van der Waals surface area contributed by atoms with Crippen LogP contribution in [0.25, 0.3) is 0 Å². The number of rotatable bonds is 14. The first-order valence-electron chi connectivity index (χ1n) is 8.84. The van der Waals surface area contributed by atoms with E-state index in [1.54, 1.807) is 0 Å². The summed E-state index contributed by atoms with van der Waals surface area (Å²) in [5.74, 6) is 0.528. The van der Waals surface area contributed by atoms with Gasteiger partial charge >= 0.3 is 5.97 Å². The van der Waals surface area contributed by atoms with Crippen LogP contribution in [0.15, 0.2) is 24.3 Å². The summed E-state index contributed by atoms with van der Waals surface area (Å²) in [5.41, 5.74) is 6.93. The van der Waals surface area contributed by atoms with Gasteiger partial charge in [0.15, 0.2) is 0 Å². The highest BCUT2D eigenvalue weighted by Gasteiger charge is 2.00. The number of unbranched alkanes of at least 4 members (excludes halogenated alkanes) is 2. The highest BCUT2D eigenvalue weighted by molar-refractivity contribution is 5.70. The Balaban J connectivity index is 1.88. The van der Waals surface area contributed by atoms with Crippen LogP contribution >= 0.6 is 0 Å². The van der Waals surface area contributed by atoms with E-state index >= 15 is 0 Å². The molecule has 1 rings (SSSR count). The van der Waals surface area contributed by atoms with Crippen LogP contribution in [0.4, 0.5) is 0 Å². The Morgan fingerprint density at radius 1 is 0.960 bits per heavy atom. The average molecular weight is 353 g/mol. The van der Waals surface area contributed by atoms with Crippen LogP contribution in [0.3, 0.4) is 0 Å². The van der Waals surface area contributed by atoms with Crippen LogP contribution in [0, 0.1) is 0 Å². The van der Waals surface area contributed by atoms with E-state index in [4.69, 9.17) is 19.9 Å². The van der Waals surface area contributed by atoms with Gasteiger partial charge in [-0.15, -0.1) is 0 Å². The van der Waals surface area contributed by atoms with E-state index in [0.29, 0.717) is 19.8 Å². The number of nitrogens with two attached hydrogens (primary N) is 1. The first kappa shape index (κ1) is 21.4. The lowest BCUT2D eigenvalue weighted by molar-refractivity contribution is -0.146. The zero-order chi connectivity index (χ0) is 18.3. The molecular weight excluding hydrogens is 322 g/mol. The van der Waals surface area contributed by atoms with Crippen molar-refractivity contribution in [2.45, 2.75) is 38.6 Å². The van der Waals surface area contributed by atoms with E-state index in [0.717, 1.165) is 43.6 Å². The van der Waals surface area contributed by atoms with Gasteiger partial charge in [-0.25, -0.2) is 4.79 Å². The molecule has 0 fully saturated rings. The topological polar surface area (TPSA) is 80.0 Å². The van der Waals surface area contributed by atoms with Crippen molar-refractivity contribution in [1.82, 2.24) is 0 Å². The lowest BCUT2D eigenvalue weighted by atomic mass is 10.1. The molecule has 142 valence electrons. The standard InChI is InChI=1S/C19H31NO5/c1-16(20)17-7-9-18(10-8-17)25-14-5-3-4-11-23-12-6-13-24-15-19(21)22-2/h7-10,16H,3-6,11-15,20H2,1-2H3. The Morgan fingerprint density at radius 3 is 2.28 bits per heavy atom. The third-order valence-electron chi connectivity index (χ3n) is 3.63. The maximum atomic E-state index is 10.8. The van der Waals surface area contributed by atoms with Gasteiger partial charge in [0.25, 0.3) is 0 Å². The molecule has 0 saturated heterocycles. The zero-order valence-electron chi connectivity index (χ0n) is 15.4. The Labute approximate surface area is 150 Å². The summed E-state index contributed by atoms with van der Waals surface area (Å²) >= 11 is 0. The van der Waals surface area contributed by atoms with Gasteiger partial charge in [0.2, 0.25) is 0 Å². The molecule has 1 aromatic rings. The summed E-state index contributed by atoms with van der Waals surface area (Å²) in [7, 11) is 1.34. The molecule has 0 heterocycles. The second kappa shape index (κ2) is 13.6. The summed E-state index contributed by atoms with van der Waals surface area (Å²) in [4.78, 5) is 10.8. The fourth-order valence-corrected chi connectivity index (χ4v) is 2.12. The molecule has 0 aliphatic carbocycles. The van der Waals surface area contributed by atoms with E-state index < -0.39 is 0 Å². The smallest absolute Gasteiger partial charge is 0.331 e. The van der Waals surface area contributed by atoms with Gasteiger partial charge < -0.3 is 24.7 Å². The lowest BCUT2D eigenvalue weighted by Gasteiger charge is -2.09. The highest BCUT2D eigenvalue weighted by Crippen LogP contribution is 2.16. The van der Waals surface area contributed by atoms with E-state index in [1.807, 2.05) is 31.2 Å². The van der Waals surface area contributed by atoms with Gasteiger partial charge in [0.05, 0.1) is 13.7 Å². The molecule has 1 aromatic carbocycles. The van der Waals surface area contributed by atoms with Crippen molar-refractivity contribution in [1.29, 1.82) is 0 Å². The van der Waals surface area contributed by atoms with Crippen molar-refractivity contribution in [3.8, 4) is 5.75 Å². The monoisotopic (exact) mass is 353 g/mol. The molecule has 1 atom stereocenters. The Bertz CT molecular complexity index is 461. The molecular formula is C19H31NO5. The molecule has 6 nitrogen and oxygen atoms in total. The number of carbonyl (C=O) groups is 1. The van der Waals surface area contributed by atoms with Gasteiger partial charge in [-0.3, -0.25) is 0 Å². The fraction of sp³-hybridized carbons (Fsp3) is 0.632. The molecule has 0 spiro atoms. The first-order chi connectivity index (χ1) is 12.1. The minimum atomic E-state index is -0.354. The number of hydrogen-bond acceptors (Lipinski definition) is 6. The normalized spacial score (nSPS) is 12.0. The van der Waals surface area contributed by atoms with Crippen molar-refractivity contribution in [3.05, 3.63) is 29.8 Å². The van der Waals surface area contributed by atoms with Crippen molar-refractivity contribution >= 4 is 5.97 Å². The van der Waals surface area contributed by atoms with Gasteiger partial charge in [-0.1, -0.05) is 12.1 Å². The fourth-order valence-electron chi connectivity index (χ4n) is 2.12. The van der Waals surface area contributed by atoms with Crippen LogP contribution in [0.1, 0.15) is 44.2 Å². The number of esters is 1. The summed E-state index contributed by atoms with van der Waals surface area (Å²) in [6, 6.07) is 7.98. The largest absolute Gasteiger partial charge is 0.494 e. The summed E-state index contributed by atoms with van der Waals surface area (Å²) in [5, 5.41) is 0. The van der Waals surface area contributed by atoms with Gasteiger partial charge in [-0.2, -0.15) is 0 Å². The van der Waals surface area contributed by atoms with Crippen LogP contribution < -0.4 is 10.5 Å². The number of benzene rings is 1. The Hall–Kier alpha value is -1.63. The van der Waals surface area contributed by atoms with E-state index in [-0.39, 0.29) is 18.6 Å². The SMILES string of the molecule is COC(=O)COCCCOCCCCCOc1ccc(C(C)N)cc1. The third kappa shape index (κ3) is 10.8. The predicted octanol–water partition coefficient (Wildman–Crippen LogP) is 2.85. The second-order valence-electron chi connectivity index (χ2n) is 5.86. The summed E-state index contributed by atoms with van der Waals surface area (Å²) in [6.45, 7) is 4.56. The summed E-state index contributed by atoms with van der Waals surface area (Å²) in [6.07, 6.45) is 3.85. The van der Waals surface area contributed by atoms with Crippen LogP contribution in [-0.2, 0) is 19.0 Å². The van der Waals surface area contributed by atoms with Crippen molar-refractivity contribution < 1.29 is 23.7 Å². The minimum Gasteiger partial charge on any atom is -0.494 e. The molecule has 0 bridgehead atoms. The minimum absolute atomic E-state index is 0.00444. The molecule has 25 heavy (non-hydrogen) atoms. The summed E-state index contributed by atoms with van der Waals surface area (Å²) < 4.78 is 20.8. The molecule has 0 aliphatic heterocycles. The Morgan fingerprint density at radius 2 is 1.60 bits per heavy atom. The van der Waals surface area contributed by atoms with Crippen LogP contribution in [0.2, 0.25) is 0 Å². The van der Waals surface area contributed by atoms with E-state index in [2.05, 4.69) is 4.74 Å². The van der Waals surface area contributed by atoms with Crippen molar-refractivity contribution in [2.24, 2.45) is 5.73 Å². The maximum absolute atomic E-state index is 10.8. The lowest BCUT2D eigenvalue weighted by Crippen LogP contribution is -2.11. The molecule has 6 heteroatoms. The molecule has 0 amide bonds. The van der Waals surface area contributed by atoms with Gasteiger partial charge in [0, 0.05) is 25.9 Å². The van der Waals surface area contributed by atoms with Crippen molar-refractivity contribution in [2.75, 3.05) is 40.1 Å². The number of ether oxygens (including phenoxy) is 4. The molecule has 2 N–H and O–H groups in total. The highest BCUT2D eigenvalue weighted by atomic mass is 16.6. The quantitative estimate of drug-likeness (QED) is 0.409. The second-order valence-corrected chi connectivity index (χ2v) is 5.86. The number of methoxy groups -OCH3 is 1. The molecule has 0 aliphatic rings. The zero-order valence-corrected chi connectivity index (χ0v) is 15.4.